The highest BCUT2D eigenvalue weighted by Crippen LogP contribution is 2.28. The van der Waals surface area contributed by atoms with Crippen LogP contribution in [0.4, 0.5) is 0 Å². The van der Waals surface area contributed by atoms with Crippen LogP contribution in [0.3, 0.4) is 0 Å². The monoisotopic (exact) mass is 213 g/mol. The highest BCUT2D eigenvalue weighted by molar-refractivity contribution is 5.76. The zero-order valence-corrected chi connectivity index (χ0v) is 9.67. The van der Waals surface area contributed by atoms with Crippen LogP contribution in [-0.4, -0.2) is 23.7 Å². The van der Waals surface area contributed by atoms with Gasteiger partial charge in [0.2, 0.25) is 5.91 Å². The second-order valence-electron chi connectivity index (χ2n) is 4.69. The molecule has 0 saturated heterocycles. The maximum Gasteiger partial charge on any atom is 0.220 e. The summed E-state index contributed by atoms with van der Waals surface area (Å²) in [5.41, 5.74) is 0. The molecule has 0 bridgehead atoms. The zero-order chi connectivity index (χ0) is 11.1. The quantitative estimate of drug-likeness (QED) is 0.707. The van der Waals surface area contributed by atoms with Crippen molar-refractivity contribution in [3.63, 3.8) is 0 Å². The molecule has 0 aromatic heterocycles. The van der Waals surface area contributed by atoms with Crippen molar-refractivity contribution in [3.05, 3.63) is 0 Å². The average molecular weight is 213 g/mol. The van der Waals surface area contributed by atoms with E-state index in [0.717, 1.165) is 12.3 Å². The smallest absolute Gasteiger partial charge is 0.220 e. The van der Waals surface area contributed by atoms with E-state index in [-0.39, 0.29) is 18.6 Å². The van der Waals surface area contributed by atoms with Crippen molar-refractivity contribution in [2.45, 2.75) is 57.9 Å². The molecule has 3 heteroatoms. The summed E-state index contributed by atoms with van der Waals surface area (Å²) in [4.78, 5) is 11.4. The Morgan fingerprint density at radius 2 is 2.13 bits per heavy atom. The second-order valence-corrected chi connectivity index (χ2v) is 4.69. The van der Waals surface area contributed by atoms with Crippen LogP contribution in [0.2, 0.25) is 0 Å². The Labute approximate surface area is 92.3 Å². The van der Waals surface area contributed by atoms with Crippen LogP contribution in [0, 0.1) is 5.92 Å². The van der Waals surface area contributed by atoms with Crippen LogP contribution in [0.5, 0.6) is 0 Å². The lowest BCUT2D eigenvalue weighted by Crippen LogP contribution is -2.34. The highest BCUT2D eigenvalue weighted by Gasteiger charge is 2.15. The number of aliphatic hydroxyl groups excluding tert-OH is 1. The van der Waals surface area contributed by atoms with E-state index < -0.39 is 0 Å². The third-order valence-corrected chi connectivity index (χ3v) is 3.17. The molecule has 3 nitrogen and oxygen atoms in total. The summed E-state index contributed by atoms with van der Waals surface area (Å²) >= 11 is 0. The summed E-state index contributed by atoms with van der Waals surface area (Å²) in [5, 5.41) is 11.5. The summed E-state index contributed by atoms with van der Waals surface area (Å²) in [6.45, 7) is 1.84. The molecule has 15 heavy (non-hydrogen) atoms. The normalized spacial score (nSPS) is 19.1. The molecule has 1 amide bonds. The van der Waals surface area contributed by atoms with Crippen LogP contribution in [0.1, 0.15) is 51.9 Å². The van der Waals surface area contributed by atoms with E-state index in [9.17, 15) is 4.79 Å². The van der Waals surface area contributed by atoms with Crippen LogP contribution < -0.4 is 5.32 Å². The van der Waals surface area contributed by atoms with E-state index >= 15 is 0 Å². The van der Waals surface area contributed by atoms with Crippen molar-refractivity contribution in [1.82, 2.24) is 5.32 Å². The molecule has 0 aromatic rings. The van der Waals surface area contributed by atoms with Crippen LogP contribution in [0.25, 0.3) is 0 Å². The third kappa shape index (κ3) is 5.17. The Morgan fingerprint density at radius 1 is 1.47 bits per heavy atom. The molecule has 1 rings (SSSR count). The van der Waals surface area contributed by atoms with Crippen molar-refractivity contribution in [2.75, 3.05) is 6.61 Å². The van der Waals surface area contributed by atoms with Gasteiger partial charge in [-0.15, -0.1) is 0 Å². The lowest BCUT2D eigenvalue weighted by molar-refractivity contribution is -0.122. The Morgan fingerprint density at radius 3 is 2.73 bits per heavy atom. The lowest BCUT2D eigenvalue weighted by Gasteiger charge is -2.11. The number of carbonyl (C=O) groups excluding carboxylic acids is 1. The van der Waals surface area contributed by atoms with Gasteiger partial charge in [0, 0.05) is 12.5 Å². The highest BCUT2D eigenvalue weighted by atomic mass is 16.3. The van der Waals surface area contributed by atoms with Crippen molar-refractivity contribution in [2.24, 2.45) is 5.92 Å². The minimum absolute atomic E-state index is 0.0222. The molecule has 1 fully saturated rings. The number of hydrogen-bond acceptors (Lipinski definition) is 2. The van der Waals surface area contributed by atoms with E-state index in [1.54, 1.807) is 0 Å². The zero-order valence-electron chi connectivity index (χ0n) is 9.67. The van der Waals surface area contributed by atoms with E-state index in [0.29, 0.717) is 6.42 Å². The first-order chi connectivity index (χ1) is 7.22. The molecule has 0 spiro atoms. The SMILES string of the molecule is CC(CO)NC(=O)CCCC1CCCC1. The summed E-state index contributed by atoms with van der Waals surface area (Å²) in [5.74, 6) is 0.947. The molecule has 1 saturated carbocycles. The molecule has 0 aliphatic heterocycles. The van der Waals surface area contributed by atoms with Gasteiger partial charge in [0.1, 0.15) is 0 Å². The molecular weight excluding hydrogens is 190 g/mol. The molecular formula is C12H23NO2. The number of amides is 1. The molecule has 2 N–H and O–H groups in total. The molecule has 1 unspecified atom stereocenters. The first-order valence-electron chi connectivity index (χ1n) is 6.12. The molecule has 0 radical (unpaired) electrons. The standard InChI is InChI=1S/C12H23NO2/c1-10(9-14)13-12(15)8-4-7-11-5-2-3-6-11/h10-11,14H,2-9H2,1H3,(H,13,15). The fourth-order valence-electron chi connectivity index (χ4n) is 2.24. The van der Waals surface area contributed by atoms with Crippen LogP contribution >= 0.6 is 0 Å². The van der Waals surface area contributed by atoms with Crippen molar-refractivity contribution in [3.8, 4) is 0 Å². The summed E-state index contributed by atoms with van der Waals surface area (Å²) in [6.07, 6.45) is 8.26. The Hall–Kier alpha value is -0.570. The fourth-order valence-corrected chi connectivity index (χ4v) is 2.24. The van der Waals surface area contributed by atoms with Crippen molar-refractivity contribution < 1.29 is 9.90 Å². The van der Waals surface area contributed by atoms with Gasteiger partial charge in [0.05, 0.1) is 6.61 Å². The largest absolute Gasteiger partial charge is 0.394 e. The summed E-state index contributed by atoms with van der Waals surface area (Å²) in [6, 6.07) is -0.107. The van der Waals surface area contributed by atoms with Crippen molar-refractivity contribution in [1.29, 1.82) is 0 Å². The number of nitrogens with one attached hydrogen (secondary N) is 1. The Kier molecular flexibility index (Phi) is 5.69. The van der Waals surface area contributed by atoms with E-state index in [2.05, 4.69) is 5.32 Å². The Balaban J connectivity index is 2.01. The average Bonchev–Trinajstić information content (AvgIpc) is 2.70. The first kappa shape index (κ1) is 12.5. The second kappa shape index (κ2) is 6.83. The fraction of sp³-hybridized carbons (Fsp3) is 0.917. The molecule has 0 heterocycles. The van der Waals surface area contributed by atoms with Gasteiger partial charge in [-0.2, -0.15) is 0 Å². The third-order valence-electron chi connectivity index (χ3n) is 3.17. The first-order valence-corrected chi connectivity index (χ1v) is 6.12. The van der Waals surface area contributed by atoms with Crippen LogP contribution in [0.15, 0.2) is 0 Å². The Bertz CT molecular complexity index is 188. The topological polar surface area (TPSA) is 49.3 Å². The van der Waals surface area contributed by atoms with E-state index in [1.165, 1.54) is 32.1 Å². The number of carbonyl (C=O) groups is 1. The molecule has 1 aliphatic carbocycles. The van der Waals surface area contributed by atoms with Gasteiger partial charge in [-0.25, -0.2) is 0 Å². The molecule has 1 aliphatic rings. The van der Waals surface area contributed by atoms with Gasteiger partial charge in [0.25, 0.3) is 0 Å². The predicted octanol–water partition coefficient (Wildman–Crippen LogP) is 1.84. The molecule has 88 valence electrons. The maximum atomic E-state index is 11.4. The molecule has 1 atom stereocenters. The van der Waals surface area contributed by atoms with Crippen molar-refractivity contribution >= 4 is 5.91 Å². The maximum absolute atomic E-state index is 11.4. The minimum atomic E-state index is -0.107. The van der Waals surface area contributed by atoms with E-state index in [4.69, 9.17) is 5.11 Å². The van der Waals surface area contributed by atoms with Crippen LogP contribution in [-0.2, 0) is 4.79 Å². The van der Waals surface area contributed by atoms with Gasteiger partial charge in [0.15, 0.2) is 0 Å². The predicted molar refractivity (Wildman–Crippen MR) is 60.5 cm³/mol. The molecule has 0 aromatic carbocycles. The number of rotatable bonds is 6. The minimum Gasteiger partial charge on any atom is -0.394 e. The van der Waals surface area contributed by atoms with Gasteiger partial charge < -0.3 is 10.4 Å². The van der Waals surface area contributed by atoms with Gasteiger partial charge >= 0.3 is 0 Å². The van der Waals surface area contributed by atoms with Gasteiger partial charge in [-0.3, -0.25) is 4.79 Å². The van der Waals surface area contributed by atoms with Gasteiger partial charge in [-0.05, 0) is 25.7 Å². The summed E-state index contributed by atoms with van der Waals surface area (Å²) < 4.78 is 0. The number of aliphatic hydroxyl groups is 1. The van der Waals surface area contributed by atoms with Gasteiger partial charge in [-0.1, -0.05) is 25.7 Å². The van der Waals surface area contributed by atoms with E-state index in [1.807, 2.05) is 6.92 Å². The number of hydrogen-bond donors (Lipinski definition) is 2. The lowest BCUT2D eigenvalue weighted by atomic mass is 10.0. The summed E-state index contributed by atoms with van der Waals surface area (Å²) in [7, 11) is 0.